The maximum Gasteiger partial charge on any atom is 0.216 e. The van der Waals surface area contributed by atoms with Crippen molar-refractivity contribution in [1.82, 2.24) is 5.32 Å². The van der Waals surface area contributed by atoms with E-state index in [1.54, 1.807) is 21.1 Å². The molecule has 24 heavy (non-hydrogen) atoms. The number of benzene rings is 2. The van der Waals surface area contributed by atoms with Gasteiger partial charge in [-0.1, -0.05) is 18.2 Å². The van der Waals surface area contributed by atoms with Crippen molar-refractivity contribution in [1.29, 1.82) is 0 Å². The number of ether oxygens (including phenoxy) is 2. The van der Waals surface area contributed by atoms with Crippen molar-refractivity contribution >= 4 is 16.7 Å². The first-order chi connectivity index (χ1) is 11.6. The summed E-state index contributed by atoms with van der Waals surface area (Å²) in [6.45, 7) is 2.27. The van der Waals surface area contributed by atoms with Gasteiger partial charge in [0, 0.05) is 20.6 Å². The zero-order valence-electron chi connectivity index (χ0n) is 14.6. The SMILES string of the molecule is COc1ccc2ccc3c(c2c1)C(CCNC(C)=O)CCC3OC. The third-order valence-electron chi connectivity index (χ3n) is 4.99. The van der Waals surface area contributed by atoms with Crippen LogP contribution >= 0.6 is 0 Å². The van der Waals surface area contributed by atoms with E-state index in [0.717, 1.165) is 25.0 Å². The molecule has 2 aromatic rings. The van der Waals surface area contributed by atoms with Gasteiger partial charge in [0.25, 0.3) is 0 Å². The van der Waals surface area contributed by atoms with Crippen molar-refractivity contribution in [2.75, 3.05) is 20.8 Å². The highest BCUT2D eigenvalue weighted by molar-refractivity contribution is 5.89. The quantitative estimate of drug-likeness (QED) is 0.905. The molecular weight excluding hydrogens is 302 g/mol. The molecule has 0 saturated heterocycles. The Kier molecular flexibility index (Phi) is 5.05. The van der Waals surface area contributed by atoms with Crippen LogP contribution in [0.25, 0.3) is 10.8 Å². The maximum absolute atomic E-state index is 11.2. The molecule has 0 fully saturated rings. The molecular formula is C20H25NO3. The normalized spacial score (nSPS) is 19.8. The molecule has 4 nitrogen and oxygen atoms in total. The summed E-state index contributed by atoms with van der Waals surface area (Å²) in [5, 5.41) is 5.38. The Bertz CT molecular complexity index is 741. The van der Waals surface area contributed by atoms with Gasteiger partial charge in [-0.05, 0) is 59.2 Å². The standard InChI is InChI=1S/C20H25NO3/c1-13(22)21-11-10-15-6-9-19(24-3)17-8-5-14-4-7-16(23-2)12-18(14)20(15)17/h4-5,7-8,12,15,19H,6,9-11H2,1-3H3,(H,21,22). The molecule has 0 saturated carbocycles. The maximum atomic E-state index is 11.2. The predicted octanol–water partition coefficient (Wildman–Crippen LogP) is 3.94. The first-order valence-electron chi connectivity index (χ1n) is 8.51. The lowest BCUT2D eigenvalue weighted by atomic mass is 9.77. The Morgan fingerprint density at radius 1 is 1.21 bits per heavy atom. The Labute approximate surface area is 143 Å². The fourth-order valence-corrected chi connectivity index (χ4v) is 3.81. The molecule has 1 aliphatic carbocycles. The lowest BCUT2D eigenvalue weighted by Crippen LogP contribution is -2.24. The minimum absolute atomic E-state index is 0.0281. The summed E-state index contributed by atoms with van der Waals surface area (Å²) in [4.78, 5) is 11.2. The van der Waals surface area contributed by atoms with E-state index in [1.165, 1.54) is 21.9 Å². The second-order valence-electron chi connectivity index (χ2n) is 6.43. The molecule has 1 amide bonds. The molecule has 2 aromatic carbocycles. The fourth-order valence-electron chi connectivity index (χ4n) is 3.81. The van der Waals surface area contributed by atoms with Crippen LogP contribution in [0.5, 0.6) is 5.75 Å². The van der Waals surface area contributed by atoms with Crippen molar-refractivity contribution in [3.8, 4) is 5.75 Å². The van der Waals surface area contributed by atoms with Crippen LogP contribution in [-0.2, 0) is 9.53 Å². The van der Waals surface area contributed by atoms with Gasteiger partial charge in [-0.3, -0.25) is 4.79 Å². The van der Waals surface area contributed by atoms with Gasteiger partial charge in [0.15, 0.2) is 0 Å². The fraction of sp³-hybridized carbons (Fsp3) is 0.450. The van der Waals surface area contributed by atoms with Gasteiger partial charge in [-0.15, -0.1) is 0 Å². The molecule has 3 rings (SSSR count). The van der Waals surface area contributed by atoms with E-state index in [-0.39, 0.29) is 12.0 Å². The lowest BCUT2D eigenvalue weighted by Gasteiger charge is -2.32. The molecule has 2 atom stereocenters. The Hall–Kier alpha value is -2.07. The number of carbonyl (C=O) groups is 1. The number of carbonyl (C=O) groups excluding carboxylic acids is 1. The second kappa shape index (κ2) is 7.22. The van der Waals surface area contributed by atoms with Crippen LogP contribution in [0.1, 0.15) is 49.3 Å². The summed E-state index contributed by atoms with van der Waals surface area (Å²) in [5.74, 6) is 1.32. The molecule has 1 N–H and O–H groups in total. The van der Waals surface area contributed by atoms with Crippen molar-refractivity contribution in [3.63, 3.8) is 0 Å². The van der Waals surface area contributed by atoms with Gasteiger partial charge in [0.2, 0.25) is 5.91 Å². The summed E-state index contributed by atoms with van der Waals surface area (Å²) < 4.78 is 11.1. The lowest BCUT2D eigenvalue weighted by molar-refractivity contribution is -0.118. The van der Waals surface area contributed by atoms with Crippen LogP contribution in [0.15, 0.2) is 30.3 Å². The second-order valence-corrected chi connectivity index (χ2v) is 6.43. The molecule has 0 bridgehead atoms. The predicted molar refractivity (Wildman–Crippen MR) is 95.5 cm³/mol. The van der Waals surface area contributed by atoms with Crippen molar-refractivity contribution in [2.45, 2.75) is 38.2 Å². The van der Waals surface area contributed by atoms with E-state index < -0.39 is 0 Å². The minimum Gasteiger partial charge on any atom is -0.497 e. The highest BCUT2D eigenvalue weighted by Gasteiger charge is 2.28. The third-order valence-corrected chi connectivity index (χ3v) is 4.99. The molecule has 0 aromatic heterocycles. The molecule has 2 unspecified atom stereocenters. The van der Waals surface area contributed by atoms with Gasteiger partial charge in [-0.2, -0.15) is 0 Å². The average Bonchev–Trinajstić information content (AvgIpc) is 2.60. The molecule has 0 radical (unpaired) electrons. The molecule has 4 heteroatoms. The average molecular weight is 327 g/mol. The van der Waals surface area contributed by atoms with E-state index in [0.29, 0.717) is 12.5 Å². The number of rotatable bonds is 5. The monoisotopic (exact) mass is 327 g/mol. The highest BCUT2D eigenvalue weighted by Crippen LogP contribution is 2.44. The largest absolute Gasteiger partial charge is 0.497 e. The molecule has 0 aliphatic heterocycles. The summed E-state index contributed by atoms with van der Waals surface area (Å²) >= 11 is 0. The molecule has 0 heterocycles. The van der Waals surface area contributed by atoms with Gasteiger partial charge < -0.3 is 14.8 Å². The zero-order chi connectivity index (χ0) is 17.1. The van der Waals surface area contributed by atoms with Crippen molar-refractivity contribution in [3.05, 3.63) is 41.5 Å². The number of amides is 1. The van der Waals surface area contributed by atoms with Crippen LogP contribution in [0, 0.1) is 0 Å². The minimum atomic E-state index is 0.0281. The topological polar surface area (TPSA) is 47.6 Å². The zero-order valence-corrected chi connectivity index (χ0v) is 14.6. The van der Waals surface area contributed by atoms with Gasteiger partial charge >= 0.3 is 0 Å². The van der Waals surface area contributed by atoms with Gasteiger partial charge in [-0.25, -0.2) is 0 Å². The van der Waals surface area contributed by atoms with Crippen molar-refractivity contribution in [2.24, 2.45) is 0 Å². The van der Waals surface area contributed by atoms with E-state index in [2.05, 4.69) is 29.6 Å². The Morgan fingerprint density at radius 3 is 2.71 bits per heavy atom. The Morgan fingerprint density at radius 2 is 2.00 bits per heavy atom. The number of methoxy groups -OCH3 is 2. The molecule has 128 valence electrons. The van der Waals surface area contributed by atoms with Crippen LogP contribution in [-0.4, -0.2) is 26.7 Å². The summed E-state index contributed by atoms with van der Waals surface area (Å²) in [6.07, 6.45) is 3.18. The van der Waals surface area contributed by atoms with Crippen molar-refractivity contribution < 1.29 is 14.3 Å². The summed E-state index contributed by atoms with van der Waals surface area (Å²) in [6, 6.07) is 10.6. The number of nitrogens with one attached hydrogen (secondary N) is 1. The van der Waals surface area contributed by atoms with E-state index >= 15 is 0 Å². The van der Waals surface area contributed by atoms with Gasteiger partial charge in [0.1, 0.15) is 5.75 Å². The summed E-state index contributed by atoms with van der Waals surface area (Å²) in [5.41, 5.74) is 2.63. The van der Waals surface area contributed by atoms with E-state index in [9.17, 15) is 4.79 Å². The highest BCUT2D eigenvalue weighted by atomic mass is 16.5. The molecule has 0 spiro atoms. The van der Waals surface area contributed by atoms with Gasteiger partial charge in [0.05, 0.1) is 13.2 Å². The number of fused-ring (bicyclic) bond motifs is 3. The summed E-state index contributed by atoms with van der Waals surface area (Å²) in [7, 11) is 3.48. The smallest absolute Gasteiger partial charge is 0.216 e. The van der Waals surface area contributed by atoms with Crippen LogP contribution < -0.4 is 10.1 Å². The molecule has 1 aliphatic rings. The van der Waals surface area contributed by atoms with Crippen LogP contribution in [0.4, 0.5) is 0 Å². The Balaban J connectivity index is 2.04. The first kappa shape index (κ1) is 16.8. The first-order valence-corrected chi connectivity index (χ1v) is 8.51. The van der Waals surface area contributed by atoms with E-state index in [1.807, 2.05) is 6.07 Å². The number of hydrogen-bond acceptors (Lipinski definition) is 3. The number of hydrogen-bond donors (Lipinski definition) is 1. The van der Waals surface area contributed by atoms with Crippen LogP contribution in [0.3, 0.4) is 0 Å². The van der Waals surface area contributed by atoms with Crippen LogP contribution in [0.2, 0.25) is 0 Å². The third kappa shape index (κ3) is 3.24. The van der Waals surface area contributed by atoms with E-state index in [4.69, 9.17) is 9.47 Å².